The van der Waals surface area contributed by atoms with Crippen molar-refractivity contribution in [1.82, 2.24) is 10.2 Å². The van der Waals surface area contributed by atoms with E-state index in [1.165, 1.54) is 51.6 Å². The Bertz CT molecular complexity index is 279. The number of hydrogen-bond acceptors (Lipinski definition) is 2. The normalized spacial score (nSPS) is 40.5. The lowest BCUT2D eigenvalue weighted by Crippen LogP contribution is -2.56. The van der Waals surface area contributed by atoms with Gasteiger partial charge in [0.05, 0.1) is 0 Å². The van der Waals surface area contributed by atoms with E-state index in [1.54, 1.807) is 0 Å². The molecule has 1 saturated carbocycles. The van der Waals surface area contributed by atoms with Crippen LogP contribution in [0.4, 0.5) is 0 Å². The van der Waals surface area contributed by atoms with E-state index < -0.39 is 0 Å². The Kier molecular flexibility index (Phi) is 6.35. The lowest BCUT2D eigenvalue weighted by molar-refractivity contribution is 0.0635. The molecule has 5 atom stereocenters. The Morgan fingerprint density at radius 3 is 2.55 bits per heavy atom. The molecule has 0 aromatic heterocycles. The Morgan fingerprint density at radius 1 is 1.05 bits per heavy atom. The van der Waals surface area contributed by atoms with E-state index in [1.807, 2.05) is 0 Å². The van der Waals surface area contributed by atoms with Crippen molar-refractivity contribution in [3.8, 4) is 0 Å². The maximum atomic E-state index is 3.80. The maximum absolute atomic E-state index is 3.80. The molecule has 0 amide bonds. The summed E-state index contributed by atoms with van der Waals surface area (Å²) in [6, 6.07) is 1.50. The summed E-state index contributed by atoms with van der Waals surface area (Å²) >= 11 is 0. The van der Waals surface area contributed by atoms with Crippen LogP contribution in [0.3, 0.4) is 0 Å². The van der Waals surface area contributed by atoms with Crippen LogP contribution in [-0.4, -0.2) is 36.6 Å². The highest BCUT2D eigenvalue weighted by molar-refractivity contribution is 4.94. The van der Waals surface area contributed by atoms with E-state index in [0.29, 0.717) is 0 Å². The lowest BCUT2D eigenvalue weighted by atomic mass is 9.75. The minimum atomic E-state index is 0.719. The van der Waals surface area contributed by atoms with Crippen LogP contribution in [0.25, 0.3) is 0 Å². The van der Waals surface area contributed by atoms with Gasteiger partial charge >= 0.3 is 0 Å². The lowest BCUT2D eigenvalue weighted by Gasteiger charge is -2.46. The summed E-state index contributed by atoms with van der Waals surface area (Å²) in [6.45, 7) is 13.3. The highest BCUT2D eigenvalue weighted by Gasteiger charge is 2.37. The molecule has 1 saturated heterocycles. The van der Waals surface area contributed by atoms with Crippen LogP contribution in [0.15, 0.2) is 0 Å². The van der Waals surface area contributed by atoms with Crippen molar-refractivity contribution in [1.29, 1.82) is 0 Å². The van der Waals surface area contributed by atoms with Gasteiger partial charge in [-0.25, -0.2) is 0 Å². The van der Waals surface area contributed by atoms with Crippen molar-refractivity contribution in [2.75, 3.05) is 19.6 Å². The first kappa shape index (κ1) is 16.3. The van der Waals surface area contributed by atoms with Gasteiger partial charge in [-0.1, -0.05) is 34.1 Å². The highest BCUT2D eigenvalue weighted by Crippen LogP contribution is 2.34. The first-order chi connectivity index (χ1) is 9.65. The van der Waals surface area contributed by atoms with Gasteiger partial charge in [-0.2, -0.15) is 0 Å². The molecule has 20 heavy (non-hydrogen) atoms. The first-order valence-corrected chi connectivity index (χ1v) is 9.13. The van der Waals surface area contributed by atoms with Gasteiger partial charge in [0.2, 0.25) is 0 Å². The predicted molar refractivity (Wildman–Crippen MR) is 88.0 cm³/mol. The van der Waals surface area contributed by atoms with Gasteiger partial charge in [0.25, 0.3) is 0 Å². The minimum Gasteiger partial charge on any atom is -0.313 e. The van der Waals surface area contributed by atoms with Crippen LogP contribution >= 0.6 is 0 Å². The zero-order valence-electron chi connectivity index (χ0n) is 14.2. The third-order valence-electron chi connectivity index (χ3n) is 5.77. The van der Waals surface area contributed by atoms with Gasteiger partial charge in [-0.05, 0) is 69.5 Å². The topological polar surface area (TPSA) is 15.3 Å². The van der Waals surface area contributed by atoms with Gasteiger partial charge < -0.3 is 5.32 Å². The molecule has 2 aliphatic rings. The Hall–Kier alpha value is -0.0800. The molecule has 2 heteroatoms. The van der Waals surface area contributed by atoms with Crippen molar-refractivity contribution in [2.24, 2.45) is 17.8 Å². The molecule has 2 fully saturated rings. The molecule has 0 bridgehead atoms. The number of hydrogen-bond donors (Lipinski definition) is 1. The third kappa shape index (κ3) is 3.98. The molecular weight excluding hydrogens is 244 g/mol. The predicted octanol–water partition coefficient (Wildman–Crippen LogP) is 3.91. The Balaban J connectivity index is 2.02. The van der Waals surface area contributed by atoms with E-state index in [4.69, 9.17) is 0 Å². The summed E-state index contributed by atoms with van der Waals surface area (Å²) in [5.41, 5.74) is 0. The van der Waals surface area contributed by atoms with Crippen molar-refractivity contribution < 1.29 is 0 Å². The molecule has 0 aromatic rings. The van der Waals surface area contributed by atoms with Crippen LogP contribution < -0.4 is 5.32 Å². The molecule has 2 rings (SSSR count). The zero-order chi connectivity index (χ0) is 14.5. The monoisotopic (exact) mass is 280 g/mol. The van der Waals surface area contributed by atoms with Gasteiger partial charge in [-0.15, -0.1) is 0 Å². The van der Waals surface area contributed by atoms with Crippen molar-refractivity contribution in [2.45, 2.75) is 78.3 Å². The van der Waals surface area contributed by atoms with Crippen molar-refractivity contribution in [3.05, 3.63) is 0 Å². The summed E-state index contributed by atoms with van der Waals surface area (Å²) in [6.07, 6.45) is 8.46. The number of rotatable bonds is 4. The average Bonchev–Trinajstić information content (AvgIpc) is 2.64. The largest absolute Gasteiger partial charge is 0.313 e. The SMILES string of the molecule is CCNC1CC(C)CC(C)C1N1CCCC(CC)CC1. The number of likely N-dealkylation sites (N-methyl/N-ethyl adjacent to an activating group) is 1. The minimum absolute atomic E-state index is 0.719. The number of nitrogens with zero attached hydrogens (tertiary/aromatic N) is 1. The zero-order valence-corrected chi connectivity index (χ0v) is 14.2. The summed E-state index contributed by atoms with van der Waals surface area (Å²) < 4.78 is 0. The molecule has 0 spiro atoms. The van der Waals surface area contributed by atoms with Crippen molar-refractivity contribution >= 4 is 0 Å². The summed E-state index contributed by atoms with van der Waals surface area (Å²) in [5, 5.41) is 3.80. The van der Waals surface area contributed by atoms with Crippen LogP contribution in [0, 0.1) is 17.8 Å². The number of nitrogens with one attached hydrogen (secondary N) is 1. The van der Waals surface area contributed by atoms with Crippen molar-refractivity contribution in [3.63, 3.8) is 0 Å². The fourth-order valence-corrected chi connectivity index (χ4v) is 4.81. The second-order valence-corrected chi connectivity index (χ2v) is 7.45. The second kappa shape index (κ2) is 7.79. The molecule has 1 aliphatic heterocycles. The molecule has 118 valence electrons. The van der Waals surface area contributed by atoms with Crippen LogP contribution in [0.1, 0.15) is 66.2 Å². The summed E-state index contributed by atoms with van der Waals surface area (Å²) in [4.78, 5) is 2.85. The molecule has 2 nitrogen and oxygen atoms in total. The molecule has 5 unspecified atom stereocenters. The average molecular weight is 280 g/mol. The summed E-state index contributed by atoms with van der Waals surface area (Å²) in [5.74, 6) is 2.72. The van der Waals surface area contributed by atoms with Crippen LogP contribution in [0.2, 0.25) is 0 Å². The van der Waals surface area contributed by atoms with Crippen LogP contribution in [0.5, 0.6) is 0 Å². The molecular formula is C18H36N2. The second-order valence-electron chi connectivity index (χ2n) is 7.45. The quantitative estimate of drug-likeness (QED) is 0.840. The molecule has 1 aliphatic carbocycles. The smallest absolute Gasteiger partial charge is 0.0275 e. The Morgan fingerprint density at radius 2 is 1.85 bits per heavy atom. The molecule has 0 aromatic carbocycles. The molecule has 0 radical (unpaired) electrons. The molecule has 1 heterocycles. The van der Waals surface area contributed by atoms with Gasteiger partial charge in [-0.3, -0.25) is 4.90 Å². The fourth-order valence-electron chi connectivity index (χ4n) is 4.81. The Labute approximate surface area is 126 Å². The van der Waals surface area contributed by atoms with Gasteiger partial charge in [0.15, 0.2) is 0 Å². The van der Waals surface area contributed by atoms with E-state index in [-0.39, 0.29) is 0 Å². The fraction of sp³-hybridized carbons (Fsp3) is 1.00. The van der Waals surface area contributed by atoms with E-state index in [9.17, 15) is 0 Å². The maximum Gasteiger partial charge on any atom is 0.0275 e. The van der Waals surface area contributed by atoms with Gasteiger partial charge in [0.1, 0.15) is 0 Å². The highest BCUT2D eigenvalue weighted by atomic mass is 15.2. The van der Waals surface area contributed by atoms with E-state index >= 15 is 0 Å². The molecule has 1 N–H and O–H groups in total. The van der Waals surface area contributed by atoms with Crippen LogP contribution in [-0.2, 0) is 0 Å². The first-order valence-electron chi connectivity index (χ1n) is 9.13. The third-order valence-corrected chi connectivity index (χ3v) is 5.77. The van der Waals surface area contributed by atoms with E-state index in [2.05, 4.69) is 37.9 Å². The number of likely N-dealkylation sites (tertiary alicyclic amines) is 1. The van der Waals surface area contributed by atoms with E-state index in [0.717, 1.165) is 36.4 Å². The van der Waals surface area contributed by atoms with Gasteiger partial charge in [0, 0.05) is 12.1 Å². The summed E-state index contributed by atoms with van der Waals surface area (Å²) in [7, 11) is 0. The standard InChI is InChI=1S/C18H36N2/c1-5-16-8-7-10-20(11-9-16)18-15(4)12-14(3)13-17(18)19-6-2/h14-19H,5-13H2,1-4H3.